The van der Waals surface area contributed by atoms with E-state index in [1.54, 1.807) is 16.7 Å². The van der Waals surface area contributed by atoms with Crippen LogP contribution in [-0.2, 0) is 4.74 Å². The van der Waals surface area contributed by atoms with E-state index in [4.69, 9.17) is 4.74 Å². The molecule has 116 valence electrons. The summed E-state index contributed by atoms with van der Waals surface area (Å²) >= 11 is 0. The topological polar surface area (TPSA) is 12.5 Å². The van der Waals surface area contributed by atoms with Crippen molar-refractivity contribution in [3.8, 4) is 0 Å². The molecule has 1 aliphatic heterocycles. The second-order valence-electron chi connectivity index (χ2n) is 6.50. The zero-order valence-corrected chi connectivity index (χ0v) is 13.9. The highest BCUT2D eigenvalue weighted by Crippen LogP contribution is 2.46. The van der Waals surface area contributed by atoms with Gasteiger partial charge in [-0.25, -0.2) is 0 Å². The molecule has 3 rings (SSSR count). The Hall–Kier alpha value is -1.02. The molecule has 3 aliphatic rings. The van der Waals surface area contributed by atoms with Gasteiger partial charge in [0.25, 0.3) is 0 Å². The van der Waals surface area contributed by atoms with Crippen LogP contribution in [0.2, 0.25) is 0 Å². The van der Waals surface area contributed by atoms with Crippen LogP contribution in [0, 0.1) is 0 Å². The van der Waals surface area contributed by atoms with E-state index in [0.29, 0.717) is 6.04 Å². The fourth-order valence-electron chi connectivity index (χ4n) is 4.38. The number of ether oxygens (including phenoxy) is 1. The average molecular weight is 287 g/mol. The molecule has 0 radical (unpaired) electrons. The Balaban J connectivity index is 1.96. The summed E-state index contributed by atoms with van der Waals surface area (Å²) in [6.45, 7) is 7.10. The fraction of sp³-hybridized carbons (Fsp3) is 0.684. The molecule has 0 aromatic rings. The molecule has 0 N–H and O–H groups in total. The average Bonchev–Trinajstić information content (AvgIpc) is 2.88. The molecule has 2 nitrogen and oxygen atoms in total. The Morgan fingerprint density at radius 1 is 1.29 bits per heavy atom. The van der Waals surface area contributed by atoms with Gasteiger partial charge in [-0.05, 0) is 67.9 Å². The number of methoxy groups -OCH3 is 1. The fourth-order valence-corrected chi connectivity index (χ4v) is 4.38. The molecular formula is C19H29NO. The summed E-state index contributed by atoms with van der Waals surface area (Å²) in [4.78, 5) is 2.75. The maximum Gasteiger partial charge on any atom is 0.118 e. The van der Waals surface area contributed by atoms with Gasteiger partial charge in [0.15, 0.2) is 0 Å². The molecule has 0 aromatic heterocycles. The number of allylic oxidation sites excluding steroid dienone is 2. The molecule has 1 heterocycles. The van der Waals surface area contributed by atoms with Crippen molar-refractivity contribution in [2.45, 2.75) is 64.8 Å². The van der Waals surface area contributed by atoms with Crippen molar-refractivity contribution in [2.24, 2.45) is 0 Å². The van der Waals surface area contributed by atoms with Crippen LogP contribution in [0.15, 0.2) is 34.1 Å². The number of rotatable bonds is 5. The minimum atomic E-state index is 0.696. The summed E-state index contributed by atoms with van der Waals surface area (Å²) < 4.78 is 5.69. The third-order valence-electron chi connectivity index (χ3n) is 5.42. The van der Waals surface area contributed by atoms with Crippen molar-refractivity contribution in [1.29, 1.82) is 0 Å². The van der Waals surface area contributed by atoms with Crippen molar-refractivity contribution < 1.29 is 4.74 Å². The van der Waals surface area contributed by atoms with E-state index in [2.05, 4.69) is 24.8 Å². The minimum Gasteiger partial charge on any atom is -0.497 e. The Kier molecular flexibility index (Phi) is 4.54. The van der Waals surface area contributed by atoms with Gasteiger partial charge >= 0.3 is 0 Å². The molecule has 1 atom stereocenters. The lowest BCUT2D eigenvalue weighted by Crippen LogP contribution is -2.39. The van der Waals surface area contributed by atoms with Crippen LogP contribution in [0.5, 0.6) is 0 Å². The molecular weight excluding hydrogens is 258 g/mol. The lowest BCUT2D eigenvalue weighted by Gasteiger charge is -2.35. The second kappa shape index (κ2) is 6.39. The minimum absolute atomic E-state index is 0.696. The predicted octanol–water partition coefficient (Wildman–Crippen LogP) is 4.59. The van der Waals surface area contributed by atoms with E-state index in [9.17, 15) is 0 Å². The summed E-state index contributed by atoms with van der Waals surface area (Å²) in [6.07, 6.45) is 11.0. The van der Waals surface area contributed by atoms with Crippen molar-refractivity contribution in [3.63, 3.8) is 0 Å². The Morgan fingerprint density at radius 2 is 2.14 bits per heavy atom. The Morgan fingerprint density at radius 3 is 2.86 bits per heavy atom. The quantitative estimate of drug-likeness (QED) is 0.733. The molecule has 0 bridgehead atoms. The number of unbranched alkanes of at least 4 members (excludes halogenated alkanes) is 1. The SMILES string of the molecule is CCCCN1CCC2=C3C(=C(CC)C(OC)=CC2)CCC31. The third kappa shape index (κ3) is 2.59. The highest BCUT2D eigenvalue weighted by atomic mass is 16.5. The predicted molar refractivity (Wildman–Crippen MR) is 88.2 cm³/mol. The van der Waals surface area contributed by atoms with Gasteiger partial charge in [0.05, 0.1) is 7.11 Å². The van der Waals surface area contributed by atoms with E-state index >= 15 is 0 Å². The standard InChI is InChI=1S/C19H29NO/c1-4-6-12-20-13-11-14-7-10-18(21-3)15(5-2)16-8-9-17(20)19(14)16/h10,17H,4-9,11-13H2,1-3H3. The molecule has 2 heteroatoms. The maximum atomic E-state index is 5.69. The molecule has 2 aliphatic carbocycles. The van der Waals surface area contributed by atoms with Crippen LogP contribution in [0.3, 0.4) is 0 Å². The molecule has 21 heavy (non-hydrogen) atoms. The first kappa shape index (κ1) is 14.9. The third-order valence-corrected chi connectivity index (χ3v) is 5.42. The van der Waals surface area contributed by atoms with Crippen LogP contribution >= 0.6 is 0 Å². The molecule has 1 saturated carbocycles. The number of hydrogen-bond donors (Lipinski definition) is 0. The van der Waals surface area contributed by atoms with Crippen molar-refractivity contribution in [2.75, 3.05) is 20.2 Å². The van der Waals surface area contributed by atoms with Crippen LogP contribution < -0.4 is 0 Å². The lowest BCUT2D eigenvalue weighted by molar-refractivity contribution is 0.209. The van der Waals surface area contributed by atoms with Gasteiger partial charge in [0, 0.05) is 12.6 Å². The van der Waals surface area contributed by atoms with Gasteiger partial charge < -0.3 is 4.74 Å². The smallest absolute Gasteiger partial charge is 0.118 e. The van der Waals surface area contributed by atoms with Gasteiger partial charge in [0.1, 0.15) is 5.76 Å². The van der Waals surface area contributed by atoms with Crippen LogP contribution in [0.25, 0.3) is 0 Å². The monoisotopic (exact) mass is 287 g/mol. The second-order valence-corrected chi connectivity index (χ2v) is 6.50. The highest BCUT2D eigenvalue weighted by Gasteiger charge is 2.37. The number of hydrogen-bond acceptors (Lipinski definition) is 2. The van der Waals surface area contributed by atoms with Crippen molar-refractivity contribution in [3.05, 3.63) is 34.1 Å². The molecule has 0 amide bonds. The first-order valence-electron chi connectivity index (χ1n) is 8.73. The van der Waals surface area contributed by atoms with E-state index in [1.807, 2.05) is 7.11 Å². The van der Waals surface area contributed by atoms with Gasteiger partial charge in [-0.1, -0.05) is 25.8 Å². The van der Waals surface area contributed by atoms with Gasteiger partial charge in [-0.2, -0.15) is 0 Å². The molecule has 1 fully saturated rings. The molecule has 0 spiro atoms. The summed E-state index contributed by atoms with van der Waals surface area (Å²) in [5.74, 6) is 1.14. The first-order chi connectivity index (χ1) is 10.3. The van der Waals surface area contributed by atoms with Crippen LogP contribution in [0.1, 0.15) is 58.8 Å². The first-order valence-corrected chi connectivity index (χ1v) is 8.73. The van der Waals surface area contributed by atoms with E-state index in [1.165, 1.54) is 50.8 Å². The molecule has 0 aromatic carbocycles. The number of nitrogens with zero attached hydrogens (tertiary/aromatic N) is 1. The van der Waals surface area contributed by atoms with Crippen molar-refractivity contribution >= 4 is 0 Å². The van der Waals surface area contributed by atoms with E-state index in [-0.39, 0.29) is 0 Å². The maximum absolute atomic E-state index is 5.69. The van der Waals surface area contributed by atoms with Crippen LogP contribution in [-0.4, -0.2) is 31.1 Å². The molecule has 0 saturated heterocycles. The van der Waals surface area contributed by atoms with Gasteiger partial charge in [0.2, 0.25) is 0 Å². The summed E-state index contributed by atoms with van der Waals surface area (Å²) in [6, 6.07) is 0.696. The van der Waals surface area contributed by atoms with E-state index in [0.717, 1.165) is 18.6 Å². The summed E-state index contributed by atoms with van der Waals surface area (Å²) in [5.41, 5.74) is 6.50. The zero-order chi connectivity index (χ0) is 14.8. The van der Waals surface area contributed by atoms with Gasteiger partial charge in [-0.15, -0.1) is 0 Å². The largest absolute Gasteiger partial charge is 0.497 e. The van der Waals surface area contributed by atoms with Crippen molar-refractivity contribution in [1.82, 2.24) is 4.90 Å². The van der Waals surface area contributed by atoms with Gasteiger partial charge in [-0.3, -0.25) is 4.90 Å². The Labute approximate surface area is 129 Å². The Bertz CT molecular complexity index is 498. The molecule has 1 unspecified atom stereocenters. The normalized spacial score (nSPS) is 25.9. The highest BCUT2D eigenvalue weighted by molar-refractivity contribution is 5.54. The summed E-state index contributed by atoms with van der Waals surface area (Å²) in [5, 5.41) is 0. The zero-order valence-electron chi connectivity index (χ0n) is 13.9. The van der Waals surface area contributed by atoms with Crippen LogP contribution in [0.4, 0.5) is 0 Å². The lowest BCUT2D eigenvalue weighted by atomic mass is 9.90. The summed E-state index contributed by atoms with van der Waals surface area (Å²) in [7, 11) is 1.83. The van der Waals surface area contributed by atoms with E-state index < -0.39 is 0 Å².